The zero-order chi connectivity index (χ0) is 27.4. The number of hydrogen-bond acceptors (Lipinski definition) is 8. The van der Waals surface area contributed by atoms with E-state index in [9.17, 15) is 9.18 Å². The van der Waals surface area contributed by atoms with E-state index in [4.69, 9.17) is 23.7 Å². The molecule has 4 aromatic rings. The molecule has 0 fully saturated rings. The molecular weight excluding hydrogens is 503 g/mol. The number of rotatable bonds is 9. The molecular formula is C30H29FN2O6. The summed E-state index contributed by atoms with van der Waals surface area (Å²) >= 11 is 0. The number of nitrogens with zero attached hydrogens (tertiary/aromatic N) is 2. The van der Waals surface area contributed by atoms with Gasteiger partial charge in [-0.3, -0.25) is 9.69 Å². The predicted molar refractivity (Wildman–Crippen MR) is 143 cm³/mol. The van der Waals surface area contributed by atoms with E-state index >= 15 is 0 Å². The Morgan fingerprint density at radius 2 is 1.87 bits per heavy atom. The van der Waals surface area contributed by atoms with Crippen LogP contribution in [0.2, 0.25) is 0 Å². The summed E-state index contributed by atoms with van der Waals surface area (Å²) in [6.07, 6.45) is -0.960. The van der Waals surface area contributed by atoms with Crippen molar-refractivity contribution >= 4 is 16.9 Å². The van der Waals surface area contributed by atoms with Crippen molar-refractivity contribution in [2.75, 3.05) is 27.7 Å². The third kappa shape index (κ3) is 6.56. The van der Waals surface area contributed by atoms with Crippen molar-refractivity contribution in [3.05, 3.63) is 89.9 Å². The number of carbonyl (C=O) groups excluding carboxylic acids is 1. The van der Waals surface area contributed by atoms with Crippen LogP contribution >= 0.6 is 0 Å². The summed E-state index contributed by atoms with van der Waals surface area (Å²) in [6.45, 7) is 0.359. The highest BCUT2D eigenvalue weighted by molar-refractivity contribution is 5.78. The fourth-order valence-electron chi connectivity index (χ4n) is 4.30. The molecule has 0 aliphatic carbocycles. The van der Waals surface area contributed by atoms with Crippen LogP contribution in [0.3, 0.4) is 0 Å². The molecule has 0 amide bonds. The summed E-state index contributed by atoms with van der Waals surface area (Å²) < 4.78 is 42.8. The zero-order valence-electron chi connectivity index (χ0n) is 21.9. The quantitative estimate of drug-likeness (QED) is 0.269. The fraction of sp³-hybridized carbons (Fsp3) is 0.267. The first kappa shape index (κ1) is 26.2. The van der Waals surface area contributed by atoms with Crippen molar-refractivity contribution in [1.82, 2.24) is 9.88 Å². The van der Waals surface area contributed by atoms with Crippen molar-refractivity contribution in [3.63, 3.8) is 0 Å². The maximum absolute atomic E-state index is 13.5. The normalized spacial score (nSPS) is 16.3. The summed E-state index contributed by atoms with van der Waals surface area (Å²) in [4.78, 5) is 18.8. The molecule has 0 spiro atoms. The van der Waals surface area contributed by atoms with Crippen LogP contribution in [-0.2, 0) is 16.1 Å². The zero-order valence-corrected chi connectivity index (χ0v) is 21.9. The molecule has 2 atom stereocenters. The van der Waals surface area contributed by atoms with Crippen molar-refractivity contribution in [2.24, 2.45) is 0 Å². The van der Waals surface area contributed by atoms with Gasteiger partial charge in [-0.25, -0.2) is 9.37 Å². The van der Waals surface area contributed by atoms with Gasteiger partial charge in [0.1, 0.15) is 41.5 Å². The number of aromatic nitrogens is 1. The SMILES string of the molecule is COc1cccc(OC2CC(OC(=O)CN(C)C)c3ccc(OCc4ccc5cc(F)ccc5n4)cc3O2)c1. The highest BCUT2D eigenvalue weighted by Gasteiger charge is 2.33. The summed E-state index contributed by atoms with van der Waals surface area (Å²) in [7, 11) is 5.20. The molecule has 3 aromatic carbocycles. The number of hydrogen-bond donors (Lipinski definition) is 0. The van der Waals surface area contributed by atoms with E-state index in [2.05, 4.69) is 4.98 Å². The van der Waals surface area contributed by atoms with Gasteiger partial charge in [0.2, 0.25) is 6.29 Å². The molecule has 9 heteroatoms. The lowest BCUT2D eigenvalue weighted by atomic mass is 10.0. The van der Waals surface area contributed by atoms with Crippen LogP contribution in [0.1, 0.15) is 23.8 Å². The number of esters is 1. The lowest BCUT2D eigenvalue weighted by Crippen LogP contribution is -2.34. The van der Waals surface area contributed by atoms with E-state index in [1.165, 1.54) is 12.1 Å². The van der Waals surface area contributed by atoms with Crippen molar-refractivity contribution in [3.8, 4) is 23.0 Å². The van der Waals surface area contributed by atoms with Gasteiger partial charge in [0, 0.05) is 23.1 Å². The molecule has 1 aliphatic heterocycles. The molecule has 0 saturated carbocycles. The molecule has 2 unspecified atom stereocenters. The second kappa shape index (κ2) is 11.6. The van der Waals surface area contributed by atoms with E-state index in [1.54, 1.807) is 62.5 Å². The minimum Gasteiger partial charge on any atom is -0.497 e. The highest BCUT2D eigenvalue weighted by atomic mass is 19.1. The second-order valence-corrected chi connectivity index (χ2v) is 9.42. The lowest BCUT2D eigenvalue weighted by molar-refractivity contribution is -0.155. The van der Waals surface area contributed by atoms with Gasteiger partial charge in [-0.05, 0) is 62.6 Å². The number of likely N-dealkylation sites (N-methyl/N-ethyl adjacent to an activating group) is 1. The first-order chi connectivity index (χ1) is 18.9. The van der Waals surface area contributed by atoms with Gasteiger partial charge >= 0.3 is 5.97 Å². The van der Waals surface area contributed by atoms with Crippen LogP contribution in [0.25, 0.3) is 10.9 Å². The molecule has 2 heterocycles. The summed E-state index contributed by atoms with van der Waals surface area (Å²) in [6, 6.07) is 20.7. The fourth-order valence-corrected chi connectivity index (χ4v) is 4.30. The first-order valence-corrected chi connectivity index (χ1v) is 12.5. The molecule has 1 aromatic heterocycles. The summed E-state index contributed by atoms with van der Waals surface area (Å²) in [5.41, 5.74) is 2.11. The number of benzene rings is 3. The molecule has 0 radical (unpaired) electrons. The van der Waals surface area contributed by atoms with E-state index in [1.807, 2.05) is 24.3 Å². The highest BCUT2D eigenvalue weighted by Crippen LogP contribution is 2.40. The van der Waals surface area contributed by atoms with Crippen molar-refractivity contribution in [1.29, 1.82) is 0 Å². The second-order valence-electron chi connectivity index (χ2n) is 9.42. The Kier molecular flexibility index (Phi) is 7.79. The van der Waals surface area contributed by atoms with Crippen LogP contribution < -0.4 is 18.9 Å². The Labute approximate surface area is 225 Å². The maximum atomic E-state index is 13.5. The van der Waals surface area contributed by atoms with Gasteiger partial charge < -0.3 is 23.7 Å². The molecule has 0 bridgehead atoms. The average Bonchev–Trinajstić information content (AvgIpc) is 2.91. The van der Waals surface area contributed by atoms with Gasteiger partial charge in [-0.15, -0.1) is 0 Å². The monoisotopic (exact) mass is 532 g/mol. The lowest BCUT2D eigenvalue weighted by Gasteiger charge is -2.32. The van der Waals surface area contributed by atoms with E-state index in [-0.39, 0.29) is 24.9 Å². The van der Waals surface area contributed by atoms with E-state index in [0.717, 1.165) is 10.9 Å². The van der Waals surface area contributed by atoms with E-state index < -0.39 is 12.4 Å². The van der Waals surface area contributed by atoms with Crippen LogP contribution in [0.4, 0.5) is 4.39 Å². The van der Waals surface area contributed by atoms with E-state index in [0.29, 0.717) is 40.6 Å². The molecule has 0 saturated heterocycles. The smallest absolute Gasteiger partial charge is 0.320 e. The van der Waals surface area contributed by atoms with Crippen molar-refractivity contribution < 1.29 is 32.9 Å². The Hall–Kier alpha value is -4.37. The summed E-state index contributed by atoms with van der Waals surface area (Å²) in [5.74, 6) is 1.62. The third-order valence-corrected chi connectivity index (χ3v) is 6.12. The number of methoxy groups -OCH3 is 1. The number of halogens is 1. The summed E-state index contributed by atoms with van der Waals surface area (Å²) in [5, 5.41) is 0.720. The Morgan fingerprint density at radius 3 is 2.69 bits per heavy atom. The topological polar surface area (TPSA) is 79.4 Å². The number of carbonyl (C=O) groups is 1. The van der Waals surface area contributed by atoms with Gasteiger partial charge in [0.25, 0.3) is 0 Å². The van der Waals surface area contributed by atoms with Gasteiger partial charge in [-0.1, -0.05) is 12.1 Å². The van der Waals surface area contributed by atoms with Crippen LogP contribution in [0, 0.1) is 5.82 Å². The maximum Gasteiger partial charge on any atom is 0.320 e. The number of fused-ring (bicyclic) bond motifs is 2. The molecule has 1 aliphatic rings. The largest absolute Gasteiger partial charge is 0.497 e. The average molecular weight is 533 g/mol. The standard InChI is InChI=1S/C30H29FN2O6/c1-33(2)17-29(34)38-28-16-30(37-24-6-4-5-22(14-24)35-3)39-27-15-23(10-11-25(27)28)36-18-21-9-7-19-13-20(31)8-12-26(19)32-21/h4-15,28,30H,16-18H2,1-3H3. The molecule has 39 heavy (non-hydrogen) atoms. The molecule has 5 rings (SSSR count). The van der Waals surface area contributed by atoms with Crippen LogP contribution in [0.15, 0.2) is 72.8 Å². The molecule has 8 nitrogen and oxygen atoms in total. The number of ether oxygens (including phenoxy) is 5. The third-order valence-electron chi connectivity index (χ3n) is 6.12. The van der Waals surface area contributed by atoms with Gasteiger partial charge in [0.05, 0.1) is 31.3 Å². The predicted octanol–water partition coefficient (Wildman–Crippen LogP) is 5.30. The Bertz CT molecular complexity index is 1480. The van der Waals surface area contributed by atoms with Crippen LogP contribution in [0.5, 0.6) is 23.0 Å². The first-order valence-electron chi connectivity index (χ1n) is 12.5. The van der Waals surface area contributed by atoms with Gasteiger partial charge in [-0.2, -0.15) is 0 Å². The Balaban J connectivity index is 1.34. The minimum atomic E-state index is -0.709. The molecule has 0 N–H and O–H groups in total. The minimum absolute atomic E-state index is 0.153. The Morgan fingerprint density at radius 1 is 1.03 bits per heavy atom. The number of pyridine rings is 1. The van der Waals surface area contributed by atoms with Crippen molar-refractivity contribution in [2.45, 2.75) is 25.4 Å². The molecule has 202 valence electrons. The van der Waals surface area contributed by atoms with Gasteiger partial charge in [0.15, 0.2) is 0 Å². The van der Waals surface area contributed by atoms with Crippen LogP contribution in [-0.4, -0.2) is 49.9 Å².